The van der Waals surface area contributed by atoms with Crippen LogP contribution in [0.3, 0.4) is 0 Å². The molecule has 0 radical (unpaired) electrons. The Morgan fingerprint density at radius 1 is 1.44 bits per heavy atom. The molecule has 0 amide bonds. The summed E-state index contributed by atoms with van der Waals surface area (Å²) in [4.78, 5) is 3.82. The number of nitrogens with zero attached hydrogens (tertiary/aromatic N) is 1. The van der Waals surface area contributed by atoms with E-state index in [1.54, 1.807) is 13.3 Å². The first-order chi connectivity index (χ1) is 4.31. The fraction of sp³-hybridized carbons (Fsp3) is 0.375. The second-order valence-electron chi connectivity index (χ2n) is 1.82. The van der Waals surface area contributed by atoms with Crippen molar-refractivity contribution >= 4 is 6.21 Å². The van der Waals surface area contributed by atoms with E-state index in [0.29, 0.717) is 0 Å². The Hall–Kier alpha value is -0.850. The fourth-order valence-corrected chi connectivity index (χ4v) is 0.511. The third-order valence-corrected chi connectivity index (χ3v) is 0.916. The minimum atomic E-state index is 1.23. The topological polar surface area (TPSA) is 12.4 Å². The maximum atomic E-state index is 3.82. The van der Waals surface area contributed by atoms with E-state index in [2.05, 4.69) is 4.99 Å². The van der Waals surface area contributed by atoms with Gasteiger partial charge in [-0.1, -0.05) is 12.2 Å². The molecule has 1 heteroatoms. The van der Waals surface area contributed by atoms with Crippen LogP contribution in [0.25, 0.3) is 0 Å². The van der Waals surface area contributed by atoms with Crippen molar-refractivity contribution in [3.63, 3.8) is 0 Å². The normalized spacial score (nSPS) is 13.9. The largest absolute Gasteiger partial charge is 0.297 e. The number of rotatable bonds is 2. The predicted molar refractivity (Wildman–Crippen MR) is 43.0 cm³/mol. The van der Waals surface area contributed by atoms with Gasteiger partial charge in [0, 0.05) is 13.3 Å². The molecule has 0 aromatic carbocycles. The number of hydrogen-bond donors (Lipinski definition) is 0. The summed E-state index contributed by atoms with van der Waals surface area (Å²) >= 11 is 0. The van der Waals surface area contributed by atoms with Gasteiger partial charge in [0.1, 0.15) is 0 Å². The highest BCUT2D eigenvalue weighted by atomic mass is 14.6. The second kappa shape index (κ2) is 5.29. The van der Waals surface area contributed by atoms with Crippen LogP contribution in [0, 0.1) is 0 Å². The maximum absolute atomic E-state index is 3.82. The fourth-order valence-electron chi connectivity index (χ4n) is 0.511. The van der Waals surface area contributed by atoms with Crippen molar-refractivity contribution in [1.82, 2.24) is 0 Å². The van der Waals surface area contributed by atoms with Gasteiger partial charge in [-0.3, -0.25) is 4.99 Å². The molecule has 0 fully saturated rings. The molecule has 0 aliphatic rings. The molecule has 50 valence electrons. The Bertz CT molecular complexity index is 141. The second-order valence-corrected chi connectivity index (χ2v) is 1.82. The van der Waals surface area contributed by atoms with E-state index >= 15 is 0 Å². The Morgan fingerprint density at radius 3 is 2.56 bits per heavy atom. The number of aliphatic imine (C=N–C) groups is 1. The van der Waals surface area contributed by atoms with Gasteiger partial charge in [-0.15, -0.1) is 0 Å². The highest BCUT2D eigenvalue weighted by Crippen LogP contribution is 1.91. The van der Waals surface area contributed by atoms with Crippen LogP contribution < -0.4 is 0 Å². The van der Waals surface area contributed by atoms with Crippen molar-refractivity contribution in [2.45, 2.75) is 13.8 Å². The van der Waals surface area contributed by atoms with E-state index in [4.69, 9.17) is 0 Å². The van der Waals surface area contributed by atoms with Gasteiger partial charge in [0.25, 0.3) is 0 Å². The summed E-state index contributed by atoms with van der Waals surface area (Å²) < 4.78 is 0. The van der Waals surface area contributed by atoms with Crippen molar-refractivity contribution in [3.8, 4) is 0 Å². The van der Waals surface area contributed by atoms with Gasteiger partial charge >= 0.3 is 0 Å². The molecule has 0 saturated carbocycles. The van der Waals surface area contributed by atoms with Crippen molar-refractivity contribution in [2.24, 2.45) is 4.99 Å². The molecule has 0 saturated heterocycles. The number of hydrogen-bond acceptors (Lipinski definition) is 1. The van der Waals surface area contributed by atoms with E-state index in [1.807, 2.05) is 32.1 Å². The molecule has 0 spiro atoms. The lowest BCUT2D eigenvalue weighted by Gasteiger charge is -1.83. The highest BCUT2D eigenvalue weighted by molar-refractivity contribution is 5.72. The van der Waals surface area contributed by atoms with Gasteiger partial charge in [-0.25, -0.2) is 0 Å². The molecular formula is C8H13N. The molecule has 0 aliphatic carbocycles. The SMILES string of the molecule is C\C=C/C(C)=C\C=N\C. The summed E-state index contributed by atoms with van der Waals surface area (Å²) in [5.74, 6) is 0. The molecule has 0 aliphatic heterocycles. The highest BCUT2D eigenvalue weighted by Gasteiger charge is 1.73. The summed E-state index contributed by atoms with van der Waals surface area (Å²) in [5.41, 5.74) is 1.23. The smallest absolute Gasteiger partial charge is 0.0277 e. The Morgan fingerprint density at radius 2 is 2.11 bits per heavy atom. The van der Waals surface area contributed by atoms with Gasteiger partial charge in [-0.2, -0.15) is 0 Å². The minimum Gasteiger partial charge on any atom is -0.297 e. The molecule has 0 atom stereocenters. The zero-order valence-electron chi connectivity index (χ0n) is 6.26. The first-order valence-electron chi connectivity index (χ1n) is 3.03. The summed E-state index contributed by atoms with van der Waals surface area (Å²) in [6.45, 7) is 4.04. The lowest BCUT2D eigenvalue weighted by molar-refractivity contribution is 1.46. The number of allylic oxidation sites excluding steroid dienone is 4. The first kappa shape index (κ1) is 8.15. The van der Waals surface area contributed by atoms with Crippen LogP contribution in [-0.2, 0) is 0 Å². The summed E-state index contributed by atoms with van der Waals surface area (Å²) in [6.07, 6.45) is 7.81. The molecule has 0 aromatic heterocycles. The Kier molecular flexibility index (Phi) is 4.79. The third kappa shape index (κ3) is 5.01. The molecule has 0 N–H and O–H groups in total. The molecule has 0 bridgehead atoms. The molecule has 9 heavy (non-hydrogen) atoms. The van der Waals surface area contributed by atoms with E-state index in [-0.39, 0.29) is 0 Å². The Balaban J connectivity index is 3.84. The van der Waals surface area contributed by atoms with Crippen LogP contribution in [0.5, 0.6) is 0 Å². The van der Waals surface area contributed by atoms with Crippen molar-refractivity contribution < 1.29 is 0 Å². The quantitative estimate of drug-likeness (QED) is 0.394. The summed E-state index contributed by atoms with van der Waals surface area (Å²) in [6, 6.07) is 0. The Labute approximate surface area is 56.8 Å². The molecular weight excluding hydrogens is 110 g/mol. The average molecular weight is 123 g/mol. The monoisotopic (exact) mass is 123 g/mol. The van der Waals surface area contributed by atoms with Gasteiger partial charge < -0.3 is 0 Å². The molecule has 0 heterocycles. The lowest BCUT2D eigenvalue weighted by atomic mass is 10.3. The molecule has 0 rings (SSSR count). The molecule has 0 aromatic rings. The van der Waals surface area contributed by atoms with E-state index in [0.717, 1.165) is 0 Å². The van der Waals surface area contributed by atoms with Gasteiger partial charge in [0.05, 0.1) is 0 Å². The van der Waals surface area contributed by atoms with Crippen LogP contribution in [0.15, 0.2) is 28.8 Å². The van der Waals surface area contributed by atoms with E-state index in [1.165, 1.54) is 5.57 Å². The minimum absolute atomic E-state index is 1.23. The van der Waals surface area contributed by atoms with Crippen LogP contribution >= 0.6 is 0 Å². The van der Waals surface area contributed by atoms with Crippen LogP contribution in [-0.4, -0.2) is 13.3 Å². The average Bonchev–Trinajstić information content (AvgIpc) is 1.85. The van der Waals surface area contributed by atoms with Gasteiger partial charge in [0.15, 0.2) is 0 Å². The standard InChI is InChI=1S/C8H13N/c1-4-5-8(2)6-7-9-3/h4-7H,1-3H3/b5-4-,8-6-,9-7+. The zero-order chi connectivity index (χ0) is 7.11. The van der Waals surface area contributed by atoms with Gasteiger partial charge in [-0.05, 0) is 25.5 Å². The lowest BCUT2D eigenvalue weighted by Crippen LogP contribution is -1.68. The van der Waals surface area contributed by atoms with Crippen LogP contribution in [0.4, 0.5) is 0 Å². The molecule has 0 unspecified atom stereocenters. The van der Waals surface area contributed by atoms with E-state index in [9.17, 15) is 0 Å². The van der Waals surface area contributed by atoms with Crippen LogP contribution in [0.2, 0.25) is 0 Å². The first-order valence-corrected chi connectivity index (χ1v) is 3.03. The predicted octanol–water partition coefficient (Wildman–Crippen LogP) is 2.21. The summed E-state index contributed by atoms with van der Waals surface area (Å²) in [7, 11) is 1.76. The molecule has 1 nitrogen and oxygen atoms in total. The van der Waals surface area contributed by atoms with Crippen molar-refractivity contribution in [3.05, 3.63) is 23.8 Å². The maximum Gasteiger partial charge on any atom is 0.0277 e. The zero-order valence-corrected chi connectivity index (χ0v) is 6.26. The van der Waals surface area contributed by atoms with Crippen molar-refractivity contribution in [1.29, 1.82) is 0 Å². The van der Waals surface area contributed by atoms with Crippen molar-refractivity contribution in [2.75, 3.05) is 7.05 Å². The van der Waals surface area contributed by atoms with Gasteiger partial charge in [0.2, 0.25) is 0 Å². The van der Waals surface area contributed by atoms with E-state index < -0.39 is 0 Å². The summed E-state index contributed by atoms with van der Waals surface area (Å²) in [5, 5.41) is 0. The third-order valence-electron chi connectivity index (χ3n) is 0.916. The van der Waals surface area contributed by atoms with Crippen LogP contribution in [0.1, 0.15) is 13.8 Å².